The average molecular weight is 168 g/mol. The number of rotatable bonds is 1. The smallest absolute Gasteiger partial charge is 0.344 e. The molecule has 13 heavy (non-hydrogen) atoms. The van der Waals surface area contributed by atoms with Crippen LogP contribution < -0.4 is 0 Å². The molecule has 0 N–H and O–H groups in total. The van der Waals surface area contributed by atoms with Crippen LogP contribution in [0.1, 0.15) is 0 Å². The van der Waals surface area contributed by atoms with E-state index in [1.54, 1.807) is 0 Å². The fourth-order valence-electron chi connectivity index (χ4n) is 0.273. The van der Waals surface area contributed by atoms with Crippen LogP contribution in [0.3, 0.4) is 0 Å². The van der Waals surface area contributed by atoms with Gasteiger partial charge in [0.25, 0.3) is 0 Å². The van der Waals surface area contributed by atoms with Crippen molar-refractivity contribution in [3.05, 3.63) is 12.7 Å². The molecule has 0 amide bonds. The third kappa shape index (κ3) is 7.35. The first-order valence-electron chi connectivity index (χ1n) is 3.10. The zero-order valence-electron chi connectivity index (χ0n) is 6.68. The Labute approximate surface area is 77.0 Å². The second-order valence-corrected chi connectivity index (χ2v) is 1.50. The van der Waals surface area contributed by atoms with Crippen molar-refractivity contribution in [2.45, 2.75) is 0 Å². The van der Waals surface area contributed by atoms with Gasteiger partial charge in [0.2, 0.25) is 0 Å². The first kappa shape index (κ1) is 10.4. The van der Waals surface area contributed by atoms with Crippen LogP contribution in [0.15, 0.2) is 12.7 Å². The van der Waals surface area contributed by atoms with E-state index in [9.17, 15) is 4.79 Å². The lowest BCUT2D eigenvalue weighted by Crippen LogP contribution is -1.91. The average Bonchev–Trinajstić information content (AvgIpc) is 2.16. The highest BCUT2D eigenvalue weighted by Gasteiger charge is 1.86. The topological polar surface area (TPSA) is 26.3 Å². The van der Waals surface area contributed by atoms with Crippen LogP contribution in [0.25, 0.3) is 0 Å². The number of esters is 1. The molecule has 0 rings (SSSR count). The van der Waals surface area contributed by atoms with Gasteiger partial charge in [-0.2, -0.15) is 0 Å². The fraction of sp³-hybridized carbons (Fsp3) is 0. The van der Waals surface area contributed by atoms with Gasteiger partial charge in [-0.1, -0.05) is 6.58 Å². The minimum Gasteiger partial charge on any atom is -0.368 e. The third-order valence-corrected chi connectivity index (χ3v) is 0.691. The Morgan fingerprint density at radius 2 is 1.85 bits per heavy atom. The van der Waals surface area contributed by atoms with Crippen LogP contribution in [0, 0.1) is 48.1 Å². The molecule has 0 heterocycles. The van der Waals surface area contributed by atoms with E-state index < -0.39 is 5.97 Å². The van der Waals surface area contributed by atoms with Gasteiger partial charge < -0.3 is 4.74 Å². The van der Waals surface area contributed by atoms with Crippen molar-refractivity contribution in [1.82, 2.24) is 0 Å². The predicted octanol–water partition coefficient (Wildman–Crippen LogP) is 0.317. The van der Waals surface area contributed by atoms with Gasteiger partial charge in [-0.3, -0.25) is 0 Å². The summed E-state index contributed by atoms with van der Waals surface area (Å²) in [7, 11) is 0. The van der Waals surface area contributed by atoms with Crippen molar-refractivity contribution in [2.24, 2.45) is 0 Å². The number of ether oxygens (including phenoxy) is 1. The van der Waals surface area contributed by atoms with Crippen molar-refractivity contribution in [2.75, 3.05) is 0 Å². The van der Waals surface area contributed by atoms with Crippen LogP contribution in [-0.4, -0.2) is 5.97 Å². The lowest BCUT2D eigenvalue weighted by atomic mass is 10.5. The van der Waals surface area contributed by atoms with E-state index in [0.29, 0.717) is 0 Å². The summed E-state index contributed by atoms with van der Waals surface area (Å²) in [5.74, 6) is 12.9. The molecule has 0 radical (unpaired) electrons. The Hall–Kier alpha value is -2.55. The van der Waals surface area contributed by atoms with Gasteiger partial charge in [0.05, 0.1) is 0 Å². The first-order valence-corrected chi connectivity index (χ1v) is 3.10. The third-order valence-electron chi connectivity index (χ3n) is 0.691. The standard InChI is InChI=1S/C11H4O2/c1-3-5-6-7-8-9-10-13-11(12)4-2/h1,4H,2H2. The Balaban J connectivity index is 3.99. The van der Waals surface area contributed by atoms with Crippen LogP contribution in [-0.2, 0) is 9.53 Å². The number of carbonyl (C=O) groups excluding carboxylic acids is 1. The van der Waals surface area contributed by atoms with Crippen molar-refractivity contribution < 1.29 is 9.53 Å². The molecule has 2 heteroatoms. The van der Waals surface area contributed by atoms with Crippen LogP contribution in [0.2, 0.25) is 0 Å². The maximum Gasteiger partial charge on any atom is 0.344 e. The molecule has 0 spiro atoms. The summed E-state index contributed by atoms with van der Waals surface area (Å²) >= 11 is 0. The van der Waals surface area contributed by atoms with E-state index in [1.165, 1.54) is 0 Å². The summed E-state index contributed by atoms with van der Waals surface area (Å²) < 4.78 is 4.29. The van der Waals surface area contributed by atoms with Crippen molar-refractivity contribution >= 4 is 5.97 Å². The molecule has 0 bridgehead atoms. The summed E-state index contributed by atoms with van der Waals surface area (Å²) in [6, 6.07) is 0. The summed E-state index contributed by atoms with van der Waals surface area (Å²) in [6.45, 7) is 3.18. The molecule has 60 valence electrons. The molecule has 0 aliphatic heterocycles. The summed E-state index contributed by atoms with van der Waals surface area (Å²) in [6.07, 6.45) is 7.87. The lowest BCUT2D eigenvalue weighted by Gasteiger charge is -1.81. The zero-order chi connectivity index (χ0) is 9.94. The molecular formula is C11H4O2. The van der Waals surface area contributed by atoms with E-state index in [4.69, 9.17) is 6.42 Å². The van der Waals surface area contributed by atoms with Gasteiger partial charge >= 0.3 is 5.97 Å². The van der Waals surface area contributed by atoms with E-state index in [0.717, 1.165) is 6.08 Å². The van der Waals surface area contributed by atoms with Gasteiger partial charge in [-0.05, 0) is 17.8 Å². The van der Waals surface area contributed by atoms with Crippen molar-refractivity contribution in [1.29, 1.82) is 0 Å². The Bertz CT molecular complexity index is 416. The van der Waals surface area contributed by atoms with Gasteiger partial charge in [0.1, 0.15) is 6.11 Å². The summed E-state index contributed by atoms with van der Waals surface area (Å²) in [5, 5.41) is 0. The van der Waals surface area contributed by atoms with E-state index in [-0.39, 0.29) is 0 Å². The SMILES string of the molecule is C#CC#CC#CC#COC(=O)C=C. The van der Waals surface area contributed by atoms with Gasteiger partial charge in [0, 0.05) is 23.8 Å². The monoisotopic (exact) mass is 168 g/mol. The quantitative estimate of drug-likeness (QED) is 0.320. The molecule has 0 aromatic rings. The minimum absolute atomic E-state index is 0.621. The molecular weight excluding hydrogens is 164 g/mol. The highest BCUT2D eigenvalue weighted by atomic mass is 16.5. The minimum atomic E-state index is -0.621. The molecule has 2 nitrogen and oxygen atoms in total. The Morgan fingerprint density at radius 1 is 1.23 bits per heavy atom. The molecule has 0 aliphatic rings. The number of carbonyl (C=O) groups is 1. The van der Waals surface area contributed by atoms with Gasteiger partial charge in [0.15, 0.2) is 0 Å². The van der Waals surface area contributed by atoms with E-state index in [1.807, 2.05) is 6.11 Å². The Kier molecular flexibility index (Phi) is 6.07. The maximum atomic E-state index is 10.4. The maximum absolute atomic E-state index is 10.4. The second-order valence-electron chi connectivity index (χ2n) is 1.50. The summed E-state index contributed by atoms with van der Waals surface area (Å²) in [5.41, 5.74) is 0. The fourth-order valence-corrected chi connectivity index (χ4v) is 0.273. The molecule has 0 aromatic heterocycles. The molecule has 0 saturated carbocycles. The zero-order valence-corrected chi connectivity index (χ0v) is 6.68. The first-order chi connectivity index (χ1) is 6.31. The molecule has 0 fully saturated rings. The molecule has 0 saturated heterocycles. The van der Waals surface area contributed by atoms with Gasteiger partial charge in [-0.15, -0.1) is 6.42 Å². The highest BCUT2D eigenvalue weighted by molar-refractivity contribution is 5.82. The second kappa shape index (κ2) is 7.56. The molecule has 0 atom stereocenters. The van der Waals surface area contributed by atoms with Crippen molar-refractivity contribution in [3.63, 3.8) is 0 Å². The predicted molar refractivity (Wildman–Crippen MR) is 48.4 cm³/mol. The van der Waals surface area contributed by atoms with Crippen LogP contribution >= 0.6 is 0 Å². The highest BCUT2D eigenvalue weighted by Crippen LogP contribution is 1.73. The number of hydrogen-bond acceptors (Lipinski definition) is 2. The summed E-state index contributed by atoms with van der Waals surface area (Å²) in [4.78, 5) is 10.4. The van der Waals surface area contributed by atoms with Crippen LogP contribution in [0.5, 0.6) is 0 Å². The van der Waals surface area contributed by atoms with E-state index >= 15 is 0 Å². The van der Waals surface area contributed by atoms with Gasteiger partial charge in [-0.25, -0.2) is 4.79 Å². The van der Waals surface area contributed by atoms with E-state index in [2.05, 4.69) is 46.8 Å². The lowest BCUT2D eigenvalue weighted by molar-refractivity contribution is -0.131. The molecule has 0 aromatic carbocycles. The van der Waals surface area contributed by atoms with Crippen molar-refractivity contribution in [3.8, 4) is 48.1 Å². The largest absolute Gasteiger partial charge is 0.368 e. The number of terminal acetylenes is 1. The number of hydrogen-bond donors (Lipinski definition) is 0. The normalized spacial score (nSPS) is 5.15. The Morgan fingerprint density at radius 3 is 2.46 bits per heavy atom. The molecule has 0 aliphatic carbocycles. The molecule has 0 unspecified atom stereocenters. The van der Waals surface area contributed by atoms with Crippen LogP contribution in [0.4, 0.5) is 0 Å².